The largest absolute Gasteiger partial charge is 0.481 e. The third-order valence-corrected chi connectivity index (χ3v) is 0. The van der Waals surface area contributed by atoms with Gasteiger partial charge in [-0.15, -0.1) is 0 Å². The van der Waals surface area contributed by atoms with Gasteiger partial charge in [0.05, 0.1) is 0 Å². The van der Waals surface area contributed by atoms with E-state index in [0.717, 1.165) is 14.0 Å². The van der Waals surface area contributed by atoms with Crippen molar-refractivity contribution in [3.05, 3.63) is 7.43 Å². The molecule has 0 saturated heterocycles. The van der Waals surface area contributed by atoms with Gasteiger partial charge in [0.25, 0.3) is 5.97 Å². The Hall–Kier alpha value is 0.00390. The van der Waals surface area contributed by atoms with Gasteiger partial charge >= 0.3 is 0 Å². The second kappa shape index (κ2) is 30.6. The number of aliphatic hydroxyl groups excluding tert-OH is 1. The second-order valence-electron chi connectivity index (χ2n) is 1.13. The average Bonchev–Trinajstić information content (AvgIpc) is 1.66. The van der Waals surface area contributed by atoms with Crippen LogP contribution in [-0.2, 0) is 42.3 Å². The molecule has 0 unspecified atom stereocenters. The van der Waals surface area contributed by atoms with Crippen LogP contribution in [0.2, 0.25) is 0 Å². The zero-order chi connectivity index (χ0) is 9.15. The summed E-state index contributed by atoms with van der Waals surface area (Å²) in [6.07, 6.45) is 0. The summed E-state index contributed by atoms with van der Waals surface area (Å²) in [5, 5.41) is 14.4. The Labute approximate surface area is 98.2 Å². The zero-order valence-corrected chi connectivity index (χ0v) is 10.7. The molecular formula is C6H16NO4Y-. The van der Waals surface area contributed by atoms with Crippen LogP contribution in [0, 0.1) is 7.43 Å². The molecule has 0 aromatic heterocycles. The number of hydrogen-bond acceptors (Lipinski definition) is 3. The molecule has 0 aliphatic rings. The van der Waals surface area contributed by atoms with Gasteiger partial charge in [-0.1, -0.05) is 0 Å². The molecular weight excluding hydrogens is 239 g/mol. The predicted octanol–water partition coefficient (Wildman–Crippen LogP) is -0.361. The van der Waals surface area contributed by atoms with Crippen LogP contribution in [0.4, 0.5) is 0 Å². The number of carboxylic acids is 1. The number of aliphatic carboxylic acids is 1. The minimum absolute atomic E-state index is 0. The first kappa shape index (κ1) is 29.6. The third kappa shape index (κ3) is 53400000. The van der Waals surface area contributed by atoms with Gasteiger partial charge in [-0.3, -0.25) is 9.59 Å². The summed E-state index contributed by atoms with van der Waals surface area (Å²) >= 11 is 0. The van der Waals surface area contributed by atoms with Crippen molar-refractivity contribution < 1.29 is 52.5 Å². The molecule has 1 amide bonds. The SMILES string of the molecule is CC(=O)O.CC(N)=O.CO.[CH3-].[Y]. The summed E-state index contributed by atoms with van der Waals surface area (Å²) in [5.41, 5.74) is 4.47. The fourth-order valence-electron chi connectivity index (χ4n) is 0. The first-order chi connectivity index (χ1) is 4.46. The van der Waals surface area contributed by atoms with E-state index in [1.807, 2.05) is 0 Å². The number of primary amides is 1. The fraction of sp³-hybridized carbons (Fsp3) is 0.500. The number of amides is 1. The molecule has 0 saturated carbocycles. The van der Waals surface area contributed by atoms with Gasteiger partial charge in [0, 0.05) is 53.7 Å². The molecule has 0 heterocycles. The van der Waals surface area contributed by atoms with E-state index >= 15 is 0 Å². The van der Waals surface area contributed by atoms with E-state index in [2.05, 4.69) is 5.73 Å². The number of rotatable bonds is 0. The molecule has 0 atom stereocenters. The van der Waals surface area contributed by atoms with Crippen LogP contribution in [0.15, 0.2) is 0 Å². The summed E-state index contributed by atoms with van der Waals surface area (Å²) in [4.78, 5) is 18.2. The van der Waals surface area contributed by atoms with Crippen molar-refractivity contribution in [2.45, 2.75) is 13.8 Å². The molecule has 0 fully saturated rings. The minimum Gasteiger partial charge on any atom is -0.481 e. The third-order valence-electron chi connectivity index (χ3n) is 0. The van der Waals surface area contributed by atoms with Crippen LogP contribution < -0.4 is 5.73 Å². The van der Waals surface area contributed by atoms with Gasteiger partial charge in [-0.2, -0.15) is 0 Å². The number of nitrogens with two attached hydrogens (primary N) is 1. The minimum atomic E-state index is -0.833. The van der Waals surface area contributed by atoms with E-state index in [-0.39, 0.29) is 46.0 Å². The molecule has 0 aromatic carbocycles. The Morgan fingerprint density at radius 3 is 1.17 bits per heavy atom. The molecule has 1 radical (unpaired) electrons. The summed E-state index contributed by atoms with van der Waals surface area (Å²) in [7, 11) is 1.00. The molecule has 6 heteroatoms. The molecule has 12 heavy (non-hydrogen) atoms. The van der Waals surface area contributed by atoms with Crippen molar-refractivity contribution >= 4 is 11.9 Å². The van der Waals surface area contributed by atoms with Gasteiger partial charge in [-0.25, -0.2) is 0 Å². The summed E-state index contributed by atoms with van der Waals surface area (Å²) < 4.78 is 0. The van der Waals surface area contributed by atoms with Crippen molar-refractivity contribution in [3.63, 3.8) is 0 Å². The number of carbonyl (C=O) groups is 2. The van der Waals surface area contributed by atoms with Gasteiger partial charge in [0.1, 0.15) is 0 Å². The van der Waals surface area contributed by atoms with E-state index < -0.39 is 5.97 Å². The van der Waals surface area contributed by atoms with Crippen molar-refractivity contribution in [2.75, 3.05) is 7.11 Å². The molecule has 0 aromatic rings. The van der Waals surface area contributed by atoms with Crippen LogP contribution in [0.25, 0.3) is 0 Å². The molecule has 0 bridgehead atoms. The van der Waals surface area contributed by atoms with E-state index in [1.54, 1.807) is 0 Å². The van der Waals surface area contributed by atoms with Crippen LogP contribution in [-0.4, -0.2) is 29.2 Å². The maximum absolute atomic E-state index is 9.22. The van der Waals surface area contributed by atoms with E-state index in [1.165, 1.54) is 6.92 Å². The van der Waals surface area contributed by atoms with Crippen LogP contribution in [0.3, 0.4) is 0 Å². The van der Waals surface area contributed by atoms with Gasteiger partial charge < -0.3 is 23.4 Å². The van der Waals surface area contributed by atoms with Crippen LogP contribution >= 0.6 is 0 Å². The summed E-state index contributed by atoms with van der Waals surface area (Å²) in [6, 6.07) is 0. The molecule has 0 rings (SSSR count). The normalized spacial score (nSPS) is 4.67. The quantitative estimate of drug-likeness (QED) is 0.514. The van der Waals surface area contributed by atoms with Crippen LogP contribution in [0.5, 0.6) is 0 Å². The molecule has 0 aliphatic carbocycles. The van der Waals surface area contributed by atoms with Crippen molar-refractivity contribution in [1.29, 1.82) is 0 Å². The Bertz CT molecular complexity index is 77.5. The predicted molar refractivity (Wildman–Crippen MR) is 42.7 cm³/mol. The smallest absolute Gasteiger partial charge is 0.300 e. The molecule has 73 valence electrons. The summed E-state index contributed by atoms with van der Waals surface area (Å²) in [6.45, 7) is 2.39. The standard InChI is InChI=1S/C2H5NO.C2H4O2.CH4O.CH3.Y/c2*1-2(3)4;1-2;;/h1H3,(H2,3,4);1H3,(H,3,4);2H,1H3;1H3;/q;;;-1;. The fourth-order valence-corrected chi connectivity index (χ4v) is 0. The molecule has 4 N–H and O–H groups in total. The van der Waals surface area contributed by atoms with Gasteiger partial charge in [0.15, 0.2) is 0 Å². The Kier molecular flexibility index (Phi) is 75.4. The molecule has 5 nitrogen and oxygen atoms in total. The maximum Gasteiger partial charge on any atom is 0.300 e. The van der Waals surface area contributed by atoms with E-state index in [0.29, 0.717) is 0 Å². The van der Waals surface area contributed by atoms with Crippen molar-refractivity contribution in [1.82, 2.24) is 0 Å². The van der Waals surface area contributed by atoms with Crippen molar-refractivity contribution in [3.8, 4) is 0 Å². The Morgan fingerprint density at radius 2 is 1.17 bits per heavy atom. The van der Waals surface area contributed by atoms with Crippen molar-refractivity contribution in [2.24, 2.45) is 5.73 Å². The number of hydrogen-bond donors (Lipinski definition) is 3. The second-order valence-corrected chi connectivity index (χ2v) is 1.13. The zero-order valence-electron chi connectivity index (χ0n) is 7.87. The van der Waals surface area contributed by atoms with E-state index in [4.69, 9.17) is 15.0 Å². The first-order valence-corrected chi connectivity index (χ1v) is 2.37. The Balaban J connectivity index is -0.0000000198. The first-order valence-electron chi connectivity index (χ1n) is 2.37. The molecule has 0 spiro atoms. The van der Waals surface area contributed by atoms with Gasteiger partial charge in [0.2, 0.25) is 5.91 Å². The topological polar surface area (TPSA) is 101 Å². The summed E-state index contributed by atoms with van der Waals surface area (Å²) in [5.74, 6) is -1.17. The monoisotopic (exact) mass is 255 g/mol. The van der Waals surface area contributed by atoms with E-state index in [9.17, 15) is 4.79 Å². The number of carbonyl (C=O) groups excluding carboxylic acids is 1. The van der Waals surface area contributed by atoms with Gasteiger partial charge in [-0.05, 0) is 0 Å². The average molecular weight is 255 g/mol. The number of carboxylic acid groups (broad SMARTS) is 1. The Morgan fingerprint density at radius 1 is 1.17 bits per heavy atom. The van der Waals surface area contributed by atoms with Crippen LogP contribution in [0.1, 0.15) is 13.8 Å². The number of aliphatic hydroxyl groups is 1. The molecule has 0 aliphatic heterocycles. The maximum atomic E-state index is 9.22.